The molecule has 0 aliphatic carbocycles. The highest BCUT2D eigenvalue weighted by Gasteiger charge is 2.34. The number of carbonyl (C=O) groups excluding carboxylic acids is 2. The van der Waals surface area contributed by atoms with Crippen LogP contribution in [0.3, 0.4) is 0 Å². The molecule has 3 aromatic rings. The number of pyridine rings is 1. The number of nitrogens with zero attached hydrogens (tertiary/aromatic N) is 5. The number of hydrogen-bond acceptors (Lipinski definition) is 6. The van der Waals surface area contributed by atoms with Crippen LogP contribution in [0.4, 0.5) is 11.5 Å². The van der Waals surface area contributed by atoms with Gasteiger partial charge in [-0.05, 0) is 68.6 Å². The number of aromatic nitrogens is 3. The molecule has 4 rings (SSSR count). The smallest absolute Gasteiger partial charge is 0.313 e. The molecule has 3 heterocycles. The summed E-state index contributed by atoms with van der Waals surface area (Å²) in [6.45, 7) is 6.33. The summed E-state index contributed by atoms with van der Waals surface area (Å²) in [7, 11) is 4.09. The normalized spacial score (nSPS) is 18.3. The maximum Gasteiger partial charge on any atom is 0.313 e. The minimum absolute atomic E-state index is 0.158. The summed E-state index contributed by atoms with van der Waals surface area (Å²) in [4.78, 5) is 34.2. The van der Waals surface area contributed by atoms with Crippen molar-refractivity contribution in [2.24, 2.45) is 5.92 Å². The van der Waals surface area contributed by atoms with Gasteiger partial charge in [0.1, 0.15) is 5.82 Å². The molecule has 3 N–H and O–H groups in total. The number of likely N-dealkylation sites (N-methyl/N-ethyl adjacent to an activating group) is 1. The zero-order chi connectivity index (χ0) is 25.1. The third kappa shape index (κ3) is 5.45. The second-order valence-corrected chi connectivity index (χ2v) is 9.72. The van der Waals surface area contributed by atoms with Crippen LogP contribution in [0.2, 0.25) is 0 Å². The number of nitrogens with two attached hydrogens (primary N) is 1. The van der Waals surface area contributed by atoms with Crippen LogP contribution in [-0.2, 0) is 22.6 Å². The molecular formula is C26H35N7O2. The Morgan fingerprint density at radius 1 is 1.20 bits per heavy atom. The number of aryl methyl sites for hydroxylation is 1. The molecule has 186 valence electrons. The first-order valence-corrected chi connectivity index (χ1v) is 12.2. The van der Waals surface area contributed by atoms with Crippen LogP contribution >= 0.6 is 0 Å². The summed E-state index contributed by atoms with van der Waals surface area (Å²) in [5.41, 5.74) is 9.27. The number of likely N-dealkylation sites (tertiary alicyclic amines) is 1. The molecule has 9 nitrogen and oxygen atoms in total. The van der Waals surface area contributed by atoms with Crippen LogP contribution in [0.1, 0.15) is 43.9 Å². The van der Waals surface area contributed by atoms with Crippen LogP contribution in [-0.4, -0.2) is 63.6 Å². The number of anilines is 2. The number of piperidine rings is 1. The molecule has 1 saturated heterocycles. The van der Waals surface area contributed by atoms with Gasteiger partial charge in [0.15, 0.2) is 0 Å². The molecule has 1 aliphatic heterocycles. The lowest BCUT2D eigenvalue weighted by Crippen LogP contribution is -2.46. The van der Waals surface area contributed by atoms with Gasteiger partial charge < -0.3 is 20.9 Å². The summed E-state index contributed by atoms with van der Waals surface area (Å²) in [6, 6.07) is 7.85. The van der Waals surface area contributed by atoms with Crippen molar-refractivity contribution in [2.75, 3.05) is 38.2 Å². The molecule has 9 heteroatoms. The molecule has 2 aromatic heterocycles. The zero-order valence-electron chi connectivity index (χ0n) is 21.0. The Bertz CT molecular complexity index is 1220. The lowest BCUT2D eigenvalue weighted by Gasteiger charge is -2.38. The van der Waals surface area contributed by atoms with Crippen molar-refractivity contribution in [3.8, 4) is 0 Å². The lowest BCUT2D eigenvalue weighted by atomic mass is 9.89. The quantitative estimate of drug-likeness (QED) is 0.528. The number of fused-ring (bicyclic) bond motifs is 1. The predicted octanol–water partition coefficient (Wildman–Crippen LogP) is 3.08. The van der Waals surface area contributed by atoms with E-state index in [0.29, 0.717) is 30.4 Å². The fourth-order valence-corrected chi connectivity index (χ4v) is 4.70. The molecule has 35 heavy (non-hydrogen) atoms. The van der Waals surface area contributed by atoms with E-state index in [0.717, 1.165) is 48.0 Å². The van der Waals surface area contributed by atoms with Gasteiger partial charge in [0.2, 0.25) is 0 Å². The lowest BCUT2D eigenvalue weighted by molar-refractivity contribution is -0.146. The molecule has 2 unspecified atom stereocenters. The van der Waals surface area contributed by atoms with Gasteiger partial charge in [0, 0.05) is 18.5 Å². The van der Waals surface area contributed by atoms with E-state index in [4.69, 9.17) is 5.73 Å². The van der Waals surface area contributed by atoms with Crippen LogP contribution in [0.5, 0.6) is 0 Å². The summed E-state index contributed by atoms with van der Waals surface area (Å²) in [5, 5.41) is 8.30. The van der Waals surface area contributed by atoms with E-state index in [1.54, 1.807) is 11.0 Å². The SMILES string of the molecule is CCc1cc(NC(=O)C(=O)N2CC(C)CCC2c2ccc3c(cnn3CCN(C)C)c2)cnc1N. The molecule has 0 saturated carbocycles. The van der Waals surface area contributed by atoms with Gasteiger partial charge in [-0.3, -0.25) is 14.3 Å². The van der Waals surface area contributed by atoms with E-state index in [1.807, 2.05) is 31.9 Å². The van der Waals surface area contributed by atoms with Crippen LogP contribution < -0.4 is 11.1 Å². The van der Waals surface area contributed by atoms with Crippen molar-refractivity contribution in [2.45, 2.75) is 45.7 Å². The minimum Gasteiger partial charge on any atom is -0.383 e. The summed E-state index contributed by atoms with van der Waals surface area (Å²) < 4.78 is 2.00. The van der Waals surface area contributed by atoms with E-state index in [2.05, 4.69) is 45.4 Å². The molecular weight excluding hydrogens is 442 g/mol. The Morgan fingerprint density at radius 3 is 2.74 bits per heavy atom. The van der Waals surface area contributed by atoms with Gasteiger partial charge >= 0.3 is 11.8 Å². The Kier molecular flexibility index (Phi) is 7.35. The van der Waals surface area contributed by atoms with Gasteiger partial charge in [0.05, 0.1) is 36.2 Å². The summed E-state index contributed by atoms with van der Waals surface area (Å²) in [6.07, 6.45) is 5.86. The van der Waals surface area contributed by atoms with Crippen molar-refractivity contribution < 1.29 is 9.59 Å². The van der Waals surface area contributed by atoms with Gasteiger partial charge in [-0.15, -0.1) is 0 Å². The minimum atomic E-state index is -0.657. The standard InChI is InChI=1S/C26H35N7O2/c1-5-18-13-21(15-28-24(18)27)30-25(34)26(35)32-16-17(2)6-8-22(32)19-7-9-23-20(12-19)14-29-33(23)11-10-31(3)4/h7,9,12-15,17,22H,5-6,8,10-11,16H2,1-4H3,(H2,27,28)(H,30,34). The fraction of sp³-hybridized carbons (Fsp3) is 0.462. The van der Waals surface area contributed by atoms with Gasteiger partial charge in [-0.25, -0.2) is 4.98 Å². The van der Waals surface area contributed by atoms with Crippen LogP contribution in [0.15, 0.2) is 36.7 Å². The third-order valence-corrected chi connectivity index (χ3v) is 6.72. The van der Waals surface area contributed by atoms with Gasteiger partial charge in [-0.1, -0.05) is 19.9 Å². The van der Waals surface area contributed by atoms with Crippen molar-refractivity contribution in [1.29, 1.82) is 0 Å². The molecule has 1 aliphatic rings. The number of nitrogen functional groups attached to an aromatic ring is 1. The van der Waals surface area contributed by atoms with E-state index in [1.165, 1.54) is 6.20 Å². The number of hydrogen-bond donors (Lipinski definition) is 2. The molecule has 1 fully saturated rings. The first kappa shape index (κ1) is 24.7. The fourth-order valence-electron chi connectivity index (χ4n) is 4.70. The molecule has 0 radical (unpaired) electrons. The number of amides is 2. The van der Waals surface area contributed by atoms with Crippen molar-refractivity contribution in [3.63, 3.8) is 0 Å². The van der Waals surface area contributed by atoms with Gasteiger partial charge in [0.25, 0.3) is 0 Å². The number of rotatable bonds is 6. The second-order valence-electron chi connectivity index (χ2n) is 9.72. The van der Waals surface area contributed by atoms with Gasteiger partial charge in [-0.2, -0.15) is 5.10 Å². The first-order valence-electron chi connectivity index (χ1n) is 12.2. The predicted molar refractivity (Wildman–Crippen MR) is 138 cm³/mol. The van der Waals surface area contributed by atoms with E-state index in [9.17, 15) is 9.59 Å². The average molecular weight is 478 g/mol. The summed E-state index contributed by atoms with van der Waals surface area (Å²) >= 11 is 0. The topological polar surface area (TPSA) is 109 Å². The largest absolute Gasteiger partial charge is 0.383 e. The highest BCUT2D eigenvalue weighted by atomic mass is 16.2. The maximum atomic E-state index is 13.3. The van der Waals surface area contributed by atoms with E-state index in [-0.39, 0.29) is 6.04 Å². The highest BCUT2D eigenvalue weighted by molar-refractivity contribution is 6.39. The molecule has 0 spiro atoms. The Balaban J connectivity index is 1.55. The van der Waals surface area contributed by atoms with Crippen LogP contribution in [0.25, 0.3) is 10.9 Å². The molecule has 0 bridgehead atoms. The highest BCUT2D eigenvalue weighted by Crippen LogP contribution is 2.35. The molecule has 2 amide bonds. The van der Waals surface area contributed by atoms with E-state index < -0.39 is 11.8 Å². The molecule has 2 atom stereocenters. The second kappa shape index (κ2) is 10.4. The number of nitrogens with one attached hydrogen (secondary N) is 1. The van der Waals surface area contributed by atoms with Crippen molar-refractivity contribution in [3.05, 3.63) is 47.8 Å². The Hall–Kier alpha value is -3.46. The van der Waals surface area contributed by atoms with E-state index >= 15 is 0 Å². The Morgan fingerprint density at radius 2 is 2.00 bits per heavy atom. The monoisotopic (exact) mass is 477 g/mol. The first-order chi connectivity index (χ1) is 16.8. The average Bonchev–Trinajstić information content (AvgIpc) is 3.25. The number of carbonyl (C=O) groups is 2. The maximum absolute atomic E-state index is 13.3. The zero-order valence-corrected chi connectivity index (χ0v) is 21.0. The van der Waals surface area contributed by atoms with Crippen molar-refractivity contribution in [1.82, 2.24) is 24.6 Å². The van der Waals surface area contributed by atoms with Crippen LogP contribution in [0, 0.1) is 5.92 Å². The summed E-state index contributed by atoms with van der Waals surface area (Å²) in [5.74, 6) is -0.430. The van der Waals surface area contributed by atoms with Crippen molar-refractivity contribution >= 4 is 34.2 Å². The molecule has 1 aromatic carbocycles. The number of benzene rings is 1. The third-order valence-electron chi connectivity index (χ3n) is 6.72. The Labute approximate surface area is 206 Å².